The molecule has 1 aliphatic rings. The van der Waals surface area contributed by atoms with Gasteiger partial charge in [0.15, 0.2) is 5.82 Å². The average Bonchev–Trinajstić information content (AvgIpc) is 2.70. The average molecular weight is 181 g/mol. The summed E-state index contributed by atoms with van der Waals surface area (Å²) in [7, 11) is 0. The van der Waals surface area contributed by atoms with Crippen molar-refractivity contribution < 1.29 is 4.74 Å². The van der Waals surface area contributed by atoms with E-state index < -0.39 is 0 Å². The molecule has 0 amide bonds. The summed E-state index contributed by atoms with van der Waals surface area (Å²) in [6, 6.07) is 0. The first-order valence-electron chi connectivity index (χ1n) is 4.89. The minimum atomic E-state index is 0.418. The van der Waals surface area contributed by atoms with Gasteiger partial charge in [0.1, 0.15) is 5.82 Å². The molecule has 2 rings (SSSR count). The maximum absolute atomic E-state index is 5.29. The number of aromatic amines is 1. The Morgan fingerprint density at radius 2 is 2.54 bits per heavy atom. The molecule has 72 valence electrons. The molecule has 1 aliphatic heterocycles. The molecule has 2 heterocycles. The number of ether oxygens (including phenoxy) is 1. The molecule has 13 heavy (non-hydrogen) atoms. The van der Waals surface area contributed by atoms with Gasteiger partial charge in [0.2, 0.25) is 0 Å². The summed E-state index contributed by atoms with van der Waals surface area (Å²) in [6.07, 6.45) is 3.15. The van der Waals surface area contributed by atoms with Gasteiger partial charge in [-0.05, 0) is 12.8 Å². The van der Waals surface area contributed by atoms with Gasteiger partial charge in [-0.1, -0.05) is 6.92 Å². The Hall–Kier alpha value is -0.900. The third-order valence-electron chi connectivity index (χ3n) is 2.33. The van der Waals surface area contributed by atoms with Crippen molar-refractivity contribution >= 4 is 0 Å². The molecule has 4 heteroatoms. The van der Waals surface area contributed by atoms with Crippen LogP contribution in [0.15, 0.2) is 0 Å². The van der Waals surface area contributed by atoms with Gasteiger partial charge in [-0.25, -0.2) is 4.98 Å². The molecule has 0 bridgehead atoms. The maximum atomic E-state index is 5.29. The molecule has 0 spiro atoms. The summed E-state index contributed by atoms with van der Waals surface area (Å²) in [6.45, 7) is 3.77. The monoisotopic (exact) mass is 181 g/mol. The van der Waals surface area contributed by atoms with E-state index in [1.54, 1.807) is 0 Å². The molecule has 1 saturated heterocycles. The van der Waals surface area contributed by atoms with E-state index in [1.807, 2.05) is 0 Å². The van der Waals surface area contributed by atoms with Crippen LogP contribution in [0.3, 0.4) is 0 Å². The molecule has 1 atom stereocenters. The minimum Gasteiger partial charge on any atom is -0.381 e. The summed E-state index contributed by atoms with van der Waals surface area (Å²) >= 11 is 0. The van der Waals surface area contributed by atoms with Crippen LogP contribution >= 0.6 is 0 Å². The van der Waals surface area contributed by atoms with Gasteiger partial charge < -0.3 is 4.74 Å². The largest absolute Gasteiger partial charge is 0.381 e. The molecule has 1 N–H and O–H groups in total. The number of rotatable bonds is 3. The summed E-state index contributed by atoms with van der Waals surface area (Å²) in [4.78, 5) is 4.44. The van der Waals surface area contributed by atoms with Crippen LogP contribution in [-0.2, 0) is 11.2 Å². The van der Waals surface area contributed by atoms with Crippen molar-refractivity contribution in [1.82, 2.24) is 15.2 Å². The van der Waals surface area contributed by atoms with Gasteiger partial charge >= 0.3 is 0 Å². The van der Waals surface area contributed by atoms with Crippen molar-refractivity contribution in [1.29, 1.82) is 0 Å². The molecule has 0 aliphatic carbocycles. The number of aryl methyl sites for hydroxylation is 1. The van der Waals surface area contributed by atoms with Gasteiger partial charge in [-0.15, -0.1) is 0 Å². The second-order valence-electron chi connectivity index (χ2n) is 3.45. The Kier molecular flexibility index (Phi) is 2.59. The second kappa shape index (κ2) is 3.87. The summed E-state index contributed by atoms with van der Waals surface area (Å²) in [5.74, 6) is 2.35. The Labute approximate surface area is 77.7 Å². The van der Waals surface area contributed by atoms with Crippen molar-refractivity contribution in [3.63, 3.8) is 0 Å². The van der Waals surface area contributed by atoms with Gasteiger partial charge in [0.25, 0.3) is 0 Å². The lowest BCUT2D eigenvalue weighted by Crippen LogP contribution is -2.00. The smallest absolute Gasteiger partial charge is 0.156 e. The molecule has 1 fully saturated rings. The van der Waals surface area contributed by atoms with E-state index in [9.17, 15) is 0 Å². The van der Waals surface area contributed by atoms with Crippen molar-refractivity contribution in [2.24, 2.45) is 0 Å². The summed E-state index contributed by atoms with van der Waals surface area (Å²) in [5.41, 5.74) is 0. The minimum absolute atomic E-state index is 0.418. The predicted molar refractivity (Wildman–Crippen MR) is 48.6 cm³/mol. The van der Waals surface area contributed by atoms with Gasteiger partial charge in [-0.3, -0.25) is 5.10 Å². The van der Waals surface area contributed by atoms with Crippen LogP contribution in [0.2, 0.25) is 0 Å². The van der Waals surface area contributed by atoms with E-state index in [4.69, 9.17) is 4.74 Å². The Balaban J connectivity index is 2.03. The first-order valence-corrected chi connectivity index (χ1v) is 4.89. The number of nitrogens with zero attached hydrogens (tertiary/aromatic N) is 2. The normalized spacial score (nSPS) is 22.4. The van der Waals surface area contributed by atoms with Crippen LogP contribution in [0.1, 0.15) is 37.3 Å². The van der Waals surface area contributed by atoms with Crippen molar-refractivity contribution in [3.05, 3.63) is 11.6 Å². The van der Waals surface area contributed by atoms with Gasteiger partial charge in [0, 0.05) is 18.9 Å². The Morgan fingerprint density at radius 1 is 1.62 bits per heavy atom. The lowest BCUT2D eigenvalue weighted by molar-refractivity contribution is 0.193. The van der Waals surface area contributed by atoms with Crippen molar-refractivity contribution in [2.75, 3.05) is 13.2 Å². The predicted octanol–water partition coefficient (Wildman–Crippen LogP) is 1.26. The summed E-state index contributed by atoms with van der Waals surface area (Å²) in [5, 5.41) is 7.17. The van der Waals surface area contributed by atoms with Gasteiger partial charge in [0.05, 0.1) is 6.61 Å². The van der Waals surface area contributed by atoms with Crippen LogP contribution < -0.4 is 0 Å². The third-order valence-corrected chi connectivity index (χ3v) is 2.33. The fourth-order valence-corrected chi connectivity index (χ4v) is 1.58. The number of hydrogen-bond acceptors (Lipinski definition) is 3. The zero-order valence-corrected chi connectivity index (χ0v) is 7.92. The van der Waals surface area contributed by atoms with E-state index in [0.717, 1.165) is 44.1 Å². The van der Waals surface area contributed by atoms with E-state index >= 15 is 0 Å². The molecule has 0 saturated carbocycles. The molecule has 0 radical (unpaired) electrons. The van der Waals surface area contributed by atoms with Crippen LogP contribution in [-0.4, -0.2) is 28.4 Å². The quantitative estimate of drug-likeness (QED) is 0.763. The van der Waals surface area contributed by atoms with E-state index in [0.29, 0.717) is 5.92 Å². The number of H-pyrrole nitrogens is 1. The van der Waals surface area contributed by atoms with Crippen LogP contribution in [0.25, 0.3) is 0 Å². The van der Waals surface area contributed by atoms with E-state index in [1.165, 1.54) is 0 Å². The number of hydrogen-bond donors (Lipinski definition) is 1. The second-order valence-corrected chi connectivity index (χ2v) is 3.45. The van der Waals surface area contributed by atoms with Gasteiger partial charge in [-0.2, -0.15) is 5.10 Å². The van der Waals surface area contributed by atoms with Crippen LogP contribution in [0.4, 0.5) is 0 Å². The third kappa shape index (κ3) is 1.88. The molecule has 1 aromatic rings. The lowest BCUT2D eigenvalue weighted by Gasteiger charge is -1.98. The van der Waals surface area contributed by atoms with E-state index in [2.05, 4.69) is 22.1 Å². The van der Waals surface area contributed by atoms with Crippen LogP contribution in [0.5, 0.6) is 0 Å². The van der Waals surface area contributed by atoms with Crippen molar-refractivity contribution in [2.45, 2.75) is 32.1 Å². The molecule has 1 unspecified atom stereocenters. The highest BCUT2D eigenvalue weighted by Gasteiger charge is 2.21. The highest BCUT2D eigenvalue weighted by molar-refractivity contribution is 4.99. The lowest BCUT2D eigenvalue weighted by atomic mass is 10.1. The number of nitrogens with one attached hydrogen (secondary N) is 1. The molecule has 4 nitrogen and oxygen atoms in total. The molecule has 0 aromatic carbocycles. The standard InChI is InChI=1S/C9H15N3O/c1-2-3-8-10-9(12-11-8)7-4-5-13-6-7/h7H,2-6H2,1H3,(H,10,11,12). The molecular formula is C9H15N3O. The highest BCUT2D eigenvalue weighted by atomic mass is 16.5. The zero-order valence-electron chi connectivity index (χ0n) is 7.92. The first-order chi connectivity index (χ1) is 6.40. The fraction of sp³-hybridized carbons (Fsp3) is 0.778. The Morgan fingerprint density at radius 3 is 3.23 bits per heavy atom. The van der Waals surface area contributed by atoms with E-state index in [-0.39, 0.29) is 0 Å². The maximum Gasteiger partial charge on any atom is 0.156 e. The molecule has 1 aromatic heterocycles. The Bertz CT molecular complexity index is 266. The zero-order chi connectivity index (χ0) is 9.10. The van der Waals surface area contributed by atoms with Crippen molar-refractivity contribution in [3.8, 4) is 0 Å². The first kappa shape index (κ1) is 8.69. The topological polar surface area (TPSA) is 50.8 Å². The van der Waals surface area contributed by atoms with Crippen LogP contribution in [0, 0.1) is 0 Å². The number of aromatic nitrogens is 3. The SMILES string of the molecule is CCCc1nc(C2CCOC2)n[nH]1. The summed E-state index contributed by atoms with van der Waals surface area (Å²) < 4.78 is 5.29. The fourth-order valence-electron chi connectivity index (χ4n) is 1.58. The highest BCUT2D eigenvalue weighted by Crippen LogP contribution is 2.21. The molecular weight excluding hydrogens is 166 g/mol.